The summed E-state index contributed by atoms with van der Waals surface area (Å²) in [5, 5.41) is 6.86. The molecule has 1 aliphatic heterocycles. The van der Waals surface area contributed by atoms with E-state index in [0.717, 1.165) is 44.1 Å². The largest absolute Gasteiger partial charge is 0.369 e. The fraction of sp³-hybridized carbons (Fsp3) is 0.421. The van der Waals surface area contributed by atoms with E-state index >= 15 is 0 Å². The fourth-order valence-corrected chi connectivity index (χ4v) is 3.24. The molecule has 0 bridgehead atoms. The normalized spacial score (nSPS) is 17.6. The summed E-state index contributed by atoms with van der Waals surface area (Å²) in [7, 11) is 3.82. The smallest absolute Gasteiger partial charge is 0.191 e. The molecule has 5 nitrogen and oxygen atoms in total. The van der Waals surface area contributed by atoms with Crippen molar-refractivity contribution in [3.63, 3.8) is 0 Å². The number of benzene rings is 1. The van der Waals surface area contributed by atoms with E-state index in [-0.39, 0.29) is 35.8 Å². The number of aromatic nitrogens is 1. The zero-order valence-corrected chi connectivity index (χ0v) is 17.6. The van der Waals surface area contributed by atoms with Crippen molar-refractivity contribution in [3.05, 3.63) is 54.1 Å². The van der Waals surface area contributed by atoms with Crippen molar-refractivity contribution in [3.8, 4) is 0 Å². The molecule has 1 unspecified atom stereocenters. The predicted octanol–water partition coefficient (Wildman–Crippen LogP) is 3.12. The SMILES string of the molecule is CN=C(NCc1cccn1C)NC1CCCN(c2cccc(F)c2)C1.I. The third-order valence-electron chi connectivity index (χ3n) is 4.65. The molecule has 0 aliphatic carbocycles. The van der Waals surface area contributed by atoms with Crippen molar-refractivity contribution in [1.82, 2.24) is 15.2 Å². The molecule has 1 fully saturated rings. The van der Waals surface area contributed by atoms with Crippen LogP contribution in [0.4, 0.5) is 10.1 Å². The molecule has 1 atom stereocenters. The average molecular weight is 471 g/mol. The number of anilines is 1. The Balaban J connectivity index is 0.00000243. The Morgan fingerprint density at radius 2 is 2.15 bits per heavy atom. The molecule has 1 aromatic heterocycles. The topological polar surface area (TPSA) is 44.6 Å². The van der Waals surface area contributed by atoms with Gasteiger partial charge in [0.1, 0.15) is 5.82 Å². The number of nitrogens with one attached hydrogen (secondary N) is 2. The van der Waals surface area contributed by atoms with Gasteiger partial charge in [-0.1, -0.05) is 6.07 Å². The molecule has 0 amide bonds. The van der Waals surface area contributed by atoms with Gasteiger partial charge in [0.15, 0.2) is 5.96 Å². The second-order valence-corrected chi connectivity index (χ2v) is 6.45. The van der Waals surface area contributed by atoms with Crippen molar-refractivity contribution in [2.45, 2.75) is 25.4 Å². The summed E-state index contributed by atoms with van der Waals surface area (Å²) in [5.74, 6) is 0.611. The van der Waals surface area contributed by atoms with Crippen LogP contribution in [-0.4, -0.2) is 36.7 Å². The van der Waals surface area contributed by atoms with Crippen LogP contribution < -0.4 is 15.5 Å². The third-order valence-corrected chi connectivity index (χ3v) is 4.65. The van der Waals surface area contributed by atoms with E-state index < -0.39 is 0 Å². The zero-order valence-electron chi connectivity index (χ0n) is 15.3. The number of piperidine rings is 1. The second-order valence-electron chi connectivity index (χ2n) is 6.45. The lowest BCUT2D eigenvalue weighted by Crippen LogP contribution is -2.51. The number of aliphatic imine (C=N–C) groups is 1. The Hall–Kier alpha value is -1.77. The third kappa shape index (κ3) is 5.36. The van der Waals surface area contributed by atoms with Crippen LogP contribution in [0.15, 0.2) is 47.6 Å². The summed E-state index contributed by atoms with van der Waals surface area (Å²) < 4.78 is 15.6. The van der Waals surface area contributed by atoms with Crippen LogP contribution in [0, 0.1) is 5.82 Å². The lowest BCUT2D eigenvalue weighted by Gasteiger charge is -2.35. The highest BCUT2D eigenvalue weighted by molar-refractivity contribution is 14.0. The predicted molar refractivity (Wildman–Crippen MR) is 116 cm³/mol. The number of halogens is 2. The first-order valence-corrected chi connectivity index (χ1v) is 8.73. The van der Waals surface area contributed by atoms with Gasteiger partial charge in [0.25, 0.3) is 0 Å². The van der Waals surface area contributed by atoms with E-state index in [2.05, 4.69) is 31.2 Å². The Bertz CT molecular complexity index is 730. The number of hydrogen-bond donors (Lipinski definition) is 2. The molecular weight excluding hydrogens is 444 g/mol. The molecule has 2 aromatic rings. The highest BCUT2D eigenvalue weighted by Crippen LogP contribution is 2.20. The summed E-state index contributed by atoms with van der Waals surface area (Å²) >= 11 is 0. The summed E-state index contributed by atoms with van der Waals surface area (Å²) in [6, 6.07) is 11.2. The fourth-order valence-electron chi connectivity index (χ4n) is 3.24. The molecule has 26 heavy (non-hydrogen) atoms. The number of nitrogens with zero attached hydrogens (tertiary/aromatic N) is 3. The lowest BCUT2D eigenvalue weighted by atomic mass is 10.0. The summed E-state index contributed by atoms with van der Waals surface area (Å²) in [4.78, 5) is 6.56. The van der Waals surface area contributed by atoms with Gasteiger partial charge in [0.2, 0.25) is 0 Å². The molecular formula is C19H27FIN5. The van der Waals surface area contributed by atoms with Gasteiger partial charge < -0.3 is 20.1 Å². The maximum absolute atomic E-state index is 13.5. The lowest BCUT2D eigenvalue weighted by molar-refractivity contribution is 0.467. The molecule has 2 heterocycles. The Morgan fingerprint density at radius 3 is 2.85 bits per heavy atom. The molecule has 1 aliphatic rings. The average Bonchev–Trinajstić information content (AvgIpc) is 3.04. The quantitative estimate of drug-likeness (QED) is 0.409. The highest BCUT2D eigenvalue weighted by atomic mass is 127. The van der Waals surface area contributed by atoms with Gasteiger partial charge in [0, 0.05) is 50.8 Å². The van der Waals surface area contributed by atoms with Crippen LogP contribution in [0.5, 0.6) is 0 Å². The van der Waals surface area contributed by atoms with Crippen molar-refractivity contribution in [2.24, 2.45) is 12.0 Å². The highest BCUT2D eigenvalue weighted by Gasteiger charge is 2.21. The molecule has 0 spiro atoms. The molecule has 0 saturated carbocycles. The van der Waals surface area contributed by atoms with E-state index in [1.165, 1.54) is 11.8 Å². The zero-order chi connectivity index (χ0) is 17.6. The van der Waals surface area contributed by atoms with Crippen molar-refractivity contribution >= 4 is 35.6 Å². The van der Waals surface area contributed by atoms with E-state index in [9.17, 15) is 4.39 Å². The summed E-state index contributed by atoms with van der Waals surface area (Å²) in [5.41, 5.74) is 2.14. The number of aryl methyl sites for hydroxylation is 1. The van der Waals surface area contributed by atoms with Gasteiger partial charge in [0.05, 0.1) is 6.54 Å². The van der Waals surface area contributed by atoms with E-state index in [1.54, 1.807) is 19.2 Å². The van der Waals surface area contributed by atoms with Crippen molar-refractivity contribution < 1.29 is 4.39 Å². The van der Waals surface area contributed by atoms with Crippen LogP contribution in [0.2, 0.25) is 0 Å². The van der Waals surface area contributed by atoms with Gasteiger partial charge in [-0.25, -0.2) is 4.39 Å². The Labute approximate surface area is 171 Å². The summed E-state index contributed by atoms with van der Waals surface area (Å²) in [6.07, 6.45) is 4.19. The van der Waals surface area contributed by atoms with Crippen LogP contribution >= 0.6 is 24.0 Å². The standard InChI is InChI=1S/C19H26FN5.HI/c1-21-19(22-13-18-9-5-10-24(18)2)23-16-7-4-11-25(14-16)17-8-3-6-15(20)12-17;/h3,5-6,8-10,12,16H,4,7,11,13-14H2,1-2H3,(H2,21,22,23);1H. The molecule has 1 aromatic carbocycles. The van der Waals surface area contributed by atoms with Crippen molar-refractivity contribution in [2.75, 3.05) is 25.0 Å². The summed E-state index contributed by atoms with van der Waals surface area (Å²) in [6.45, 7) is 2.52. The van der Waals surface area contributed by atoms with E-state index in [4.69, 9.17) is 0 Å². The van der Waals surface area contributed by atoms with Gasteiger partial charge in [-0.15, -0.1) is 24.0 Å². The van der Waals surface area contributed by atoms with Gasteiger partial charge >= 0.3 is 0 Å². The minimum Gasteiger partial charge on any atom is -0.369 e. The number of guanidine groups is 1. The Morgan fingerprint density at radius 1 is 1.31 bits per heavy atom. The van der Waals surface area contributed by atoms with Gasteiger partial charge in [-0.05, 0) is 43.2 Å². The van der Waals surface area contributed by atoms with Crippen molar-refractivity contribution in [1.29, 1.82) is 0 Å². The second kappa shape index (κ2) is 9.80. The first-order chi connectivity index (χ1) is 12.2. The van der Waals surface area contributed by atoms with Crippen LogP contribution in [-0.2, 0) is 13.6 Å². The van der Waals surface area contributed by atoms with E-state index in [1.807, 2.05) is 25.4 Å². The molecule has 1 saturated heterocycles. The van der Waals surface area contributed by atoms with Gasteiger partial charge in [-0.2, -0.15) is 0 Å². The van der Waals surface area contributed by atoms with Crippen LogP contribution in [0.1, 0.15) is 18.5 Å². The maximum atomic E-state index is 13.5. The minimum absolute atomic E-state index is 0. The minimum atomic E-state index is -0.187. The molecule has 7 heteroatoms. The van der Waals surface area contributed by atoms with Crippen LogP contribution in [0.25, 0.3) is 0 Å². The first kappa shape index (κ1) is 20.5. The van der Waals surface area contributed by atoms with Crippen LogP contribution in [0.3, 0.4) is 0 Å². The first-order valence-electron chi connectivity index (χ1n) is 8.73. The molecule has 142 valence electrons. The van der Waals surface area contributed by atoms with Gasteiger partial charge in [-0.3, -0.25) is 4.99 Å². The maximum Gasteiger partial charge on any atom is 0.191 e. The number of hydrogen-bond acceptors (Lipinski definition) is 2. The Kier molecular flexibility index (Phi) is 7.74. The molecule has 3 rings (SSSR count). The molecule has 2 N–H and O–H groups in total. The number of rotatable bonds is 4. The monoisotopic (exact) mass is 471 g/mol. The van der Waals surface area contributed by atoms with E-state index in [0.29, 0.717) is 0 Å². The molecule has 0 radical (unpaired) electrons.